The molecule has 0 spiro atoms. The Kier molecular flexibility index (Phi) is 5.06. The molecule has 0 bridgehead atoms. The van der Waals surface area contributed by atoms with Crippen molar-refractivity contribution in [2.75, 3.05) is 6.54 Å². The molecule has 0 saturated heterocycles. The molecular formula is C16H23ClN2O. The molecule has 0 radical (unpaired) electrons. The van der Waals surface area contributed by atoms with Gasteiger partial charge in [-0.25, -0.2) is 0 Å². The standard InChI is InChI=1S/C16H22N2O.ClH/c17-14(11-4-2-1-3-5-11)10-18-16(19)15(12-6-7-12)13-8-9-13;/h1-5,12-15H,6-10,17H2,(H,18,19);1H. The van der Waals surface area contributed by atoms with E-state index < -0.39 is 0 Å². The molecule has 4 heteroatoms. The number of halogens is 1. The Hall–Kier alpha value is -1.06. The normalized spacial score (nSPS) is 19.3. The zero-order chi connectivity index (χ0) is 13.2. The van der Waals surface area contributed by atoms with Gasteiger partial charge >= 0.3 is 0 Å². The molecule has 1 amide bonds. The second-order valence-electron chi connectivity index (χ2n) is 5.96. The van der Waals surface area contributed by atoms with Crippen LogP contribution in [0, 0.1) is 17.8 Å². The molecule has 0 aliphatic heterocycles. The van der Waals surface area contributed by atoms with Gasteiger partial charge in [-0.2, -0.15) is 0 Å². The van der Waals surface area contributed by atoms with Gasteiger partial charge in [-0.15, -0.1) is 12.4 Å². The van der Waals surface area contributed by atoms with Crippen LogP contribution in [0.15, 0.2) is 30.3 Å². The van der Waals surface area contributed by atoms with E-state index in [4.69, 9.17) is 5.73 Å². The lowest BCUT2D eigenvalue weighted by atomic mass is 9.96. The summed E-state index contributed by atoms with van der Waals surface area (Å²) in [6.45, 7) is 0.540. The molecule has 1 atom stereocenters. The zero-order valence-corrected chi connectivity index (χ0v) is 12.4. The van der Waals surface area contributed by atoms with Crippen LogP contribution in [-0.4, -0.2) is 12.5 Å². The third-order valence-corrected chi connectivity index (χ3v) is 4.29. The average Bonchev–Trinajstić information content (AvgIpc) is 3.31. The van der Waals surface area contributed by atoms with Crippen LogP contribution >= 0.6 is 12.4 Å². The molecule has 2 saturated carbocycles. The van der Waals surface area contributed by atoms with E-state index in [-0.39, 0.29) is 30.3 Å². The summed E-state index contributed by atoms with van der Waals surface area (Å²) in [5.41, 5.74) is 7.19. The highest BCUT2D eigenvalue weighted by atomic mass is 35.5. The number of rotatable bonds is 6. The number of hydrogen-bond acceptors (Lipinski definition) is 2. The van der Waals surface area contributed by atoms with Gasteiger partial charge in [-0.05, 0) is 43.1 Å². The van der Waals surface area contributed by atoms with E-state index in [1.54, 1.807) is 0 Å². The first-order valence-electron chi connectivity index (χ1n) is 7.34. The Balaban J connectivity index is 0.00000147. The summed E-state index contributed by atoms with van der Waals surface area (Å²) in [5.74, 6) is 1.81. The molecular weight excluding hydrogens is 272 g/mol. The van der Waals surface area contributed by atoms with Gasteiger partial charge in [-0.1, -0.05) is 30.3 Å². The lowest BCUT2D eigenvalue weighted by Gasteiger charge is -2.18. The van der Waals surface area contributed by atoms with Crippen molar-refractivity contribution < 1.29 is 4.79 Å². The third kappa shape index (κ3) is 3.74. The van der Waals surface area contributed by atoms with Crippen molar-refractivity contribution in [1.82, 2.24) is 5.32 Å². The van der Waals surface area contributed by atoms with Gasteiger partial charge in [0.1, 0.15) is 0 Å². The first kappa shape index (κ1) is 15.3. The summed E-state index contributed by atoms with van der Waals surface area (Å²) in [7, 11) is 0. The fourth-order valence-corrected chi connectivity index (χ4v) is 2.87. The summed E-state index contributed by atoms with van der Waals surface area (Å²) in [6.07, 6.45) is 4.94. The Labute approximate surface area is 126 Å². The number of nitrogens with two attached hydrogens (primary N) is 1. The van der Waals surface area contributed by atoms with E-state index in [1.807, 2.05) is 30.3 Å². The molecule has 20 heavy (non-hydrogen) atoms. The van der Waals surface area contributed by atoms with E-state index in [0.29, 0.717) is 18.4 Å². The maximum absolute atomic E-state index is 12.3. The van der Waals surface area contributed by atoms with Crippen molar-refractivity contribution in [3.63, 3.8) is 0 Å². The van der Waals surface area contributed by atoms with E-state index in [0.717, 1.165) is 5.56 Å². The molecule has 1 unspecified atom stereocenters. The van der Waals surface area contributed by atoms with Crippen molar-refractivity contribution in [2.24, 2.45) is 23.5 Å². The Morgan fingerprint density at radius 1 is 1.15 bits per heavy atom. The van der Waals surface area contributed by atoms with Crippen molar-refractivity contribution in [2.45, 2.75) is 31.7 Å². The first-order chi connectivity index (χ1) is 9.25. The largest absolute Gasteiger partial charge is 0.354 e. The van der Waals surface area contributed by atoms with Crippen LogP contribution in [0.25, 0.3) is 0 Å². The molecule has 2 aliphatic carbocycles. The molecule has 3 nitrogen and oxygen atoms in total. The van der Waals surface area contributed by atoms with Crippen LogP contribution in [0.1, 0.15) is 37.3 Å². The average molecular weight is 295 g/mol. The van der Waals surface area contributed by atoms with Crippen molar-refractivity contribution in [3.05, 3.63) is 35.9 Å². The number of hydrogen-bond donors (Lipinski definition) is 2. The predicted octanol–water partition coefficient (Wildman–Crippen LogP) is 2.66. The SMILES string of the molecule is Cl.NC(CNC(=O)C(C1CC1)C1CC1)c1ccccc1. The third-order valence-electron chi connectivity index (χ3n) is 4.29. The van der Waals surface area contributed by atoms with Crippen LogP contribution in [0.2, 0.25) is 0 Å². The minimum absolute atomic E-state index is 0. The van der Waals surface area contributed by atoms with Crippen molar-refractivity contribution in [3.8, 4) is 0 Å². The number of amides is 1. The van der Waals surface area contributed by atoms with Crippen LogP contribution in [-0.2, 0) is 4.79 Å². The van der Waals surface area contributed by atoms with E-state index in [2.05, 4.69) is 5.32 Å². The number of carbonyl (C=O) groups excluding carboxylic acids is 1. The fourth-order valence-electron chi connectivity index (χ4n) is 2.87. The summed E-state index contributed by atoms with van der Waals surface area (Å²) < 4.78 is 0. The molecule has 0 aromatic heterocycles. The summed E-state index contributed by atoms with van der Waals surface area (Å²) in [5, 5.41) is 3.06. The summed E-state index contributed by atoms with van der Waals surface area (Å²) in [4.78, 5) is 12.3. The van der Waals surface area contributed by atoms with E-state index in [1.165, 1.54) is 25.7 Å². The minimum atomic E-state index is -0.107. The van der Waals surface area contributed by atoms with E-state index in [9.17, 15) is 4.79 Å². The lowest BCUT2D eigenvalue weighted by Crippen LogP contribution is -2.37. The second kappa shape index (κ2) is 6.59. The quantitative estimate of drug-likeness (QED) is 0.847. The monoisotopic (exact) mass is 294 g/mol. The fraction of sp³-hybridized carbons (Fsp3) is 0.562. The molecule has 0 heterocycles. The van der Waals surface area contributed by atoms with Gasteiger partial charge in [-0.3, -0.25) is 4.79 Å². The van der Waals surface area contributed by atoms with Gasteiger partial charge < -0.3 is 11.1 Å². The Bertz CT molecular complexity index is 431. The molecule has 1 aromatic rings. The molecule has 2 aliphatic rings. The van der Waals surface area contributed by atoms with Crippen molar-refractivity contribution in [1.29, 1.82) is 0 Å². The minimum Gasteiger partial charge on any atom is -0.354 e. The van der Waals surface area contributed by atoms with Gasteiger partial charge in [0, 0.05) is 18.5 Å². The topological polar surface area (TPSA) is 55.1 Å². The molecule has 3 rings (SSSR count). The van der Waals surface area contributed by atoms with Crippen molar-refractivity contribution >= 4 is 18.3 Å². The smallest absolute Gasteiger partial charge is 0.223 e. The highest BCUT2D eigenvalue weighted by Gasteiger charge is 2.45. The van der Waals surface area contributed by atoms with Crippen LogP contribution < -0.4 is 11.1 Å². The summed E-state index contributed by atoms with van der Waals surface area (Å²) >= 11 is 0. The first-order valence-corrected chi connectivity index (χ1v) is 7.34. The van der Waals surface area contributed by atoms with Crippen LogP contribution in [0.3, 0.4) is 0 Å². The Morgan fingerprint density at radius 2 is 1.70 bits per heavy atom. The number of carbonyl (C=O) groups is 1. The number of nitrogens with one attached hydrogen (secondary N) is 1. The van der Waals surface area contributed by atoms with Gasteiger partial charge in [0.15, 0.2) is 0 Å². The highest BCUT2D eigenvalue weighted by molar-refractivity contribution is 5.85. The maximum Gasteiger partial charge on any atom is 0.223 e. The molecule has 3 N–H and O–H groups in total. The zero-order valence-electron chi connectivity index (χ0n) is 11.6. The van der Waals surface area contributed by atoms with Gasteiger partial charge in [0.25, 0.3) is 0 Å². The second-order valence-corrected chi connectivity index (χ2v) is 5.96. The van der Waals surface area contributed by atoms with Gasteiger partial charge in [0.2, 0.25) is 5.91 Å². The predicted molar refractivity (Wildman–Crippen MR) is 82.6 cm³/mol. The van der Waals surface area contributed by atoms with Crippen LogP contribution in [0.5, 0.6) is 0 Å². The lowest BCUT2D eigenvalue weighted by molar-refractivity contribution is -0.126. The highest BCUT2D eigenvalue weighted by Crippen LogP contribution is 2.49. The number of benzene rings is 1. The van der Waals surface area contributed by atoms with Gasteiger partial charge in [0.05, 0.1) is 0 Å². The maximum atomic E-state index is 12.3. The molecule has 2 fully saturated rings. The summed E-state index contributed by atoms with van der Waals surface area (Å²) in [6, 6.07) is 9.85. The van der Waals surface area contributed by atoms with Crippen LogP contribution in [0.4, 0.5) is 0 Å². The Morgan fingerprint density at radius 3 is 2.20 bits per heavy atom. The molecule has 110 valence electrons. The molecule has 1 aromatic carbocycles. The van der Waals surface area contributed by atoms with E-state index >= 15 is 0 Å².